The first kappa shape index (κ1) is 18.5. The quantitative estimate of drug-likeness (QED) is 0.700. The van der Waals surface area contributed by atoms with Crippen LogP contribution in [0.5, 0.6) is 0 Å². The lowest BCUT2D eigenvalue weighted by molar-refractivity contribution is -0.157. The van der Waals surface area contributed by atoms with Crippen molar-refractivity contribution in [2.24, 2.45) is 10.8 Å². The minimum Gasteiger partial charge on any atom is -0.481 e. The molecule has 1 aromatic carbocycles. The van der Waals surface area contributed by atoms with Crippen molar-refractivity contribution in [3.8, 4) is 11.3 Å². The first-order chi connectivity index (χ1) is 15.0. The van der Waals surface area contributed by atoms with Crippen molar-refractivity contribution in [2.45, 2.75) is 38.1 Å². The molecular weight excluding hydrogens is 394 g/mol. The largest absolute Gasteiger partial charge is 0.481 e. The van der Waals surface area contributed by atoms with E-state index < -0.39 is 16.8 Å². The van der Waals surface area contributed by atoms with Gasteiger partial charge in [-0.25, -0.2) is 4.98 Å². The number of carboxylic acids is 1. The summed E-state index contributed by atoms with van der Waals surface area (Å²) in [5.41, 5.74) is 2.06. The summed E-state index contributed by atoms with van der Waals surface area (Å²) >= 11 is 0. The monoisotopic (exact) mass is 417 g/mol. The summed E-state index contributed by atoms with van der Waals surface area (Å²) in [7, 11) is 0. The van der Waals surface area contributed by atoms with Crippen LogP contribution in [0.4, 0.5) is 0 Å². The molecule has 2 saturated carbocycles. The van der Waals surface area contributed by atoms with E-state index in [0.717, 1.165) is 35.1 Å². The third kappa shape index (κ3) is 2.57. The number of rotatable bonds is 4. The average molecular weight is 417 g/mol. The predicted octanol–water partition coefficient (Wildman–Crippen LogP) is 2.91. The highest BCUT2D eigenvalue weighted by Gasteiger charge is 2.82. The number of aliphatic carboxylic acids is 1. The number of fused-ring (bicyclic) bond motifs is 2. The minimum absolute atomic E-state index is 0.0483. The number of carboxylic acid groups (broad SMARTS) is 1. The van der Waals surface area contributed by atoms with Crippen molar-refractivity contribution < 1.29 is 14.7 Å². The molecule has 1 N–H and O–H groups in total. The number of carbonyl (C=O) groups excluding carboxylic acids is 1. The molecule has 3 heterocycles. The van der Waals surface area contributed by atoms with Crippen LogP contribution in [0.15, 0.2) is 42.9 Å². The van der Waals surface area contributed by atoms with Crippen LogP contribution < -0.4 is 0 Å². The molecule has 3 fully saturated rings. The van der Waals surface area contributed by atoms with Gasteiger partial charge in [0.2, 0.25) is 5.91 Å². The number of hydrogen-bond donors (Lipinski definition) is 1. The molecule has 1 aliphatic heterocycles. The summed E-state index contributed by atoms with van der Waals surface area (Å²) in [6.45, 7) is 1.29. The molecule has 0 bridgehead atoms. The van der Waals surface area contributed by atoms with Crippen LogP contribution in [0, 0.1) is 10.8 Å². The van der Waals surface area contributed by atoms with Crippen LogP contribution in [0.3, 0.4) is 0 Å². The van der Waals surface area contributed by atoms with E-state index in [1.807, 2.05) is 46.2 Å². The molecule has 1 saturated heterocycles. The second kappa shape index (κ2) is 6.35. The van der Waals surface area contributed by atoms with E-state index in [4.69, 9.17) is 4.98 Å². The zero-order valence-corrected chi connectivity index (χ0v) is 17.1. The average Bonchev–Trinajstić information content (AvgIpc) is 3.10. The van der Waals surface area contributed by atoms with E-state index >= 15 is 0 Å². The molecule has 2 unspecified atom stereocenters. The van der Waals surface area contributed by atoms with Crippen molar-refractivity contribution >= 4 is 22.9 Å². The van der Waals surface area contributed by atoms with Crippen molar-refractivity contribution in [1.82, 2.24) is 24.6 Å². The molecule has 2 aliphatic carbocycles. The second-order valence-electron chi connectivity index (χ2n) is 9.12. The van der Waals surface area contributed by atoms with Gasteiger partial charge in [0.1, 0.15) is 0 Å². The number of likely N-dealkylation sites (tertiary alicyclic amines) is 1. The maximum Gasteiger partial charge on any atom is 0.310 e. The van der Waals surface area contributed by atoms with Gasteiger partial charge in [0, 0.05) is 24.8 Å². The van der Waals surface area contributed by atoms with Gasteiger partial charge in [0.15, 0.2) is 0 Å². The number of carbonyl (C=O) groups is 2. The molecule has 3 aromatic rings. The summed E-state index contributed by atoms with van der Waals surface area (Å²) in [6, 6.07) is 8.00. The Hall–Kier alpha value is -3.29. The smallest absolute Gasteiger partial charge is 0.310 e. The van der Waals surface area contributed by atoms with Crippen LogP contribution >= 0.6 is 0 Å². The summed E-state index contributed by atoms with van der Waals surface area (Å²) < 4.78 is 1.97. The van der Waals surface area contributed by atoms with Crippen molar-refractivity contribution in [3.63, 3.8) is 0 Å². The molecule has 8 heteroatoms. The predicted molar refractivity (Wildman–Crippen MR) is 112 cm³/mol. The Kier molecular flexibility index (Phi) is 3.79. The zero-order chi connectivity index (χ0) is 21.2. The zero-order valence-electron chi connectivity index (χ0n) is 17.1. The van der Waals surface area contributed by atoms with Gasteiger partial charge in [-0.05, 0) is 44.2 Å². The maximum atomic E-state index is 13.0. The van der Waals surface area contributed by atoms with E-state index in [9.17, 15) is 14.7 Å². The molecule has 0 radical (unpaired) electrons. The molecule has 158 valence electrons. The van der Waals surface area contributed by atoms with Gasteiger partial charge < -0.3 is 10.0 Å². The Balaban J connectivity index is 1.14. The van der Waals surface area contributed by atoms with Crippen LogP contribution in [-0.4, -0.2) is 54.7 Å². The molecule has 2 atom stereocenters. The summed E-state index contributed by atoms with van der Waals surface area (Å²) in [5.74, 6) is -0.755. The standard InChI is InChI=1S/C23H23N5O3/c29-20(22-7-8-23(22,14-22)21(30)31)27-9-5-16(6-10-27)28-13-15(11-25-28)19-12-24-17-3-1-2-4-18(17)26-19/h1-4,11-13,16H,5-10,14H2,(H,30,31). The second-order valence-corrected chi connectivity index (χ2v) is 9.12. The molecule has 31 heavy (non-hydrogen) atoms. The van der Waals surface area contributed by atoms with Gasteiger partial charge in [-0.3, -0.25) is 19.3 Å². The highest BCUT2D eigenvalue weighted by Crippen LogP contribution is 2.78. The van der Waals surface area contributed by atoms with E-state index in [0.29, 0.717) is 32.4 Å². The highest BCUT2D eigenvalue weighted by atomic mass is 16.4. The number of aromatic nitrogens is 4. The minimum atomic E-state index is -0.803. The van der Waals surface area contributed by atoms with E-state index in [-0.39, 0.29) is 11.9 Å². The van der Waals surface area contributed by atoms with Crippen molar-refractivity contribution in [1.29, 1.82) is 0 Å². The lowest BCUT2D eigenvalue weighted by atomic mass is 9.72. The lowest BCUT2D eigenvalue weighted by Crippen LogP contribution is -2.48. The number of hydrogen-bond acceptors (Lipinski definition) is 5. The van der Waals surface area contributed by atoms with Crippen LogP contribution in [-0.2, 0) is 9.59 Å². The first-order valence-electron chi connectivity index (χ1n) is 10.8. The SMILES string of the molecule is O=C(O)C12CCC1(C(=O)N1CCC(n3cc(-c4cnc5ccccc5n4)cn3)CC1)C2. The van der Waals surface area contributed by atoms with Crippen LogP contribution in [0.2, 0.25) is 0 Å². The highest BCUT2D eigenvalue weighted by molar-refractivity contribution is 5.98. The Morgan fingerprint density at radius 1 is 1.03 bits per heavy atom. The molecule has 6 rings (SSSR count). The Morgan fingerprint density at radius 3 is 2.45 bits per heavy atom. The van der Waals surface area contributed by atoms with Gasteiger partial charge >= 0.3 is 5.97 Å². The Bertz CT molecular complexity index is 1210. The topological polar surface area (TPSA) is 101 Å². The number of benzene rings is 1. The van der Waals surface area contributed by atoms with Crippen molar-refractivity contribution in [3.05, 3.63) is 42.9 Å². The third-order valence-electron chi connectivity index (χ3n) is 7.66. The molecule has 8 nitrogen and oxygen atoms in total. The van der Waals surface area contributed by atoms with E-state index in [2.05, 4.69) is 10.1 Å². The fourth-order valence-corrected chi connectivity index (χ4v) is 5.55. The molecule has 2 aromatic heterocycles. The van der Waals surface area contributed by atoms with Gasteiger partial charge in [0.05, 0.1) is 46.0 Å². The number of piperidine rings is 1. The Labute approximate surface area is 178 Å². The molecular formula is C23H23N5O3. The van der Waals surface area contributed by atoms with E-state index in [1.54, 1.807) is 6.20 Å². The summed E-state index contributed by atoms with van der Waals surface area (Å²) in [5, 5.41) is 14.1. The summed E-state index contributed by atoms with van der Waals surface area (Å²) in [6.07, 6.45) is 9.08. The molecule has 3 aliphatic rings. The summed E-state index contributed by atoms with van der Waals surface area (Å²) in [4.78, 5) is 35.6. The number of nitrogens with zero attached hydrogens (tertiary/aromatic N) is 5. The van der Waals surface area contributed by atoms with Gasteiger partial charge in [0.25, 0.3) is 0 Å². The fraction of sp³-hybridized carbons (Fsp3) is 0.435. The van der Waals surface area contributed by atoms with Crippen molar-refractivity contribution in [2.75, 3.05) is 13.1 Å². The number of amides is 1. The fourth-order valence-electron chi connectivity index (χ4n) is 5.55. The number of para-hydroxylation sites is 2. The molecule has 1 amide bonds. The van der Waals surface area contributed by atoms with Crippen LogP contribution in [0.1, 0.15) is 38.1 Å². The first-order valence-corrected chi connectivity index (χ1v) is 10.8. The molecule has 0 spiro atoms. The van der Waals surface area contributed by atoms with Gasteiger partial charge in [-0.1, -0.05) is 12.1 Å². The van der Waals surface area contributed by atoms with Gasteiger partial charge in [-0.2, -0.15) is 5.10 Å². The van der Waals surface area contributed by atoms with E-state index in [1.165, 1.54) is 0 Å². The maximum absolute atomic E-state index is 13.0. The normalized spacial score (nSPS) is 27.5. The Morgan fingerprint density at radius 2 is 1.77 bits per heavy atom. The van der Waals surface area contributed by atoms with Gasteiger partial charge in [-0.15, -0.1) is 0 Å². The van der Waals surface area contributed by atoms with Crippen LogP contribution in [0.25, 0.3) is 22.3 Å². The third-order valence-corrected chi connectivity index (χ3v) is 7.66. The lowest BCUT2D eigenvalue weighted by Gasteiger charge is -2.39.